The molecule has 2 rings (SSSR count). The molecule has 1 aromatic heterocycles. The molecule has 6 heteroatoms. The third kappa shape index (κ3) is 2.05. The second-order valence-electron chi connectivity index (χ2n) is 4.06. The standard InChI is InChI=1S/C11H14N2O3S/c1-6-5-17-10(11(15)16-2)9(6)13-4-7(12)3-8(13)14/h5,7H,3-4,12H2,1-2H3. The number of nitrogens with two attached hydrogens (primary N) is 1. The Hall–Kier alpha value is -1.40. The average Bonchev–Trinajstić information content (AvgIpc) is 2.80. The van der Waals surface area contributed by atoms with Crippen LogP contribution in [0.2, 0.25) is 0 Å². The number of amides is 1. The van der Waals surface area contributed by atoms with Crippen LogP contribution in [0.3, 0.4) is 0 Å². The van der Waals surface area contributed by atoms with E-state index in [9.17, 15) is 9.59 Å². The Morgan fingerprint density at radius 2 is 2.35 bits per heavy atom. The molecular formula is C11H14N2O3S. The van der Waals surface area contributed by atoms with Crippen molar-refractivity contribution < 1.29 is 14.3 Å². The molecule has 1 aliphatic heterocycles. The number of anilines is 1. The van der Waals surface area contributed by atoms with E-state index in [0.717, 1.165) is 5.56 Å². The summed E-state index contributed by atoms with van der Waals surface area (Å²) in [5.74, 6) is -0.449. The van der Waals surface area contributed by atoms with Crippen molar-refractivity contribution in [3.8, 4) is 0 Å². The lowest BCUT2D eigenvalue weighted by molar-refractivity contribution is -0.117. The highest BCUT2D eigenvalue weighted by Crippen LogP contribution is 2.34. The van der Waals surface area contributed by atoms with Gasteiger partial charge in [0.25, 0.3) is 0 Å². The van der Waals surface area contributed by atoms with Gasteiger partial charge in [-0.15, -0.1) is 11.3 Å². The first-order valence-corrected chi connectivity index (χ1v) is 6.15. The van der Waals surface area contributed by atoms with Gasteiger partial charge in [-0.3, -0.25) is 4.79 Å². The zero-order chi connectivity index (χ0) is 12.6. The van der Waals surface area contributed by atoms with Gasteiger partial charge in [0.15, 0.2) is 0 Å². The van der Waals surface area contributed by atoms with Gasteiger partial charge in [0, 0.05) is 19.0 Å². The number of aryl methyl sites for hydroxylation is 1. The number of rotatable bonds is 2. The van der Waals surface area contributed by atoms with Gasteiger partial charge < -0.3 is 15.4 Å². The predicted molar refractivity (Wildman–Crippen MR) is 65.3 cm³/mol. The molecule has 1 aromatic rings. The van der Waals surface area contributed by atoms with Gasteiger partial charge in [0.1, 0.15) is 4.88 Å². The maximum atomic E-state index is 11.8. The molecule has 92 valence electrons. The SMILES string of the molecule is COC(=O)c1scc(C)c1N1CC(N)CC1=O. The van der Waals surface area contributed by atoms with E-state index in [2.05, 4.69) is 0 Å². The molecule has 1 atom stereocenters. The molecule has 1 saturated heterocycles. The van der Waals surface area contributed by atoms with Gasteiger partial charge in [-0.25, -0.2) is 4.79 Å². The van der Waals surface area contributed by atoms with Crippen molar-refractivity contribution >= 4 is 28.9 Å². The summed E-state index contributed by atoms with van der Waals surface area (Å²) in [5.41, 5.74) is 7.31. The smallest absolute Gasteiger partial charge is 0.350 e. The molecule has 17 heavy (non-hydrogen) atoms. The summed E-state index contributed by atoms with van der Waals surface area (Å²) >= 11 is 1.29. The van der Waals surface area contributed by atoms with Gasteiger partial charge in [-0.2, -0.15) is 0 Å². The number of ether oxygens (including phenoxy) is 1. The van der Waals surface area contributed by atoms with Crippen LogP contribution in [-0.4, -0.2) is 31.6 Å². The Bertz CT molecular complexity index is 469. The van der Waals surface area contributed by atoms with Crippen molar-refractivity contribution in [2.45, 2.75) is 19.4 Å². The summed E-state index contributed by atoms with van der Waals surface area (Å²) in [4.78, 5) is 25.5. The highest BCUT2D eigenvalue weighted by atomic mass is 32.1. The highest BCUT2D eigenvalue weighted by molar-refractivity contribution is 7.12. The second kappa shape index (κ2) is 4.46. The van der Waals surface area contributed by atoms with Crippen LogP contribution < -0.4 is 10.6 Å². The molecule has 0 radical (unpaired) electrons. The fraction of sp³-hybridized carbons (Fsp3) is 0.455. The topological polar surface area (TPSA) is 72.6 Å². The average molecular weight is 254 g/mol. The van der Waals surface area contributed by atoms with E-state index in [1.54, 1.807) is 4.90 Å². The highest BCUT2D eigenvalue weighted by Gasteiger charge is 2.32. The summed E-state index contributed by atoms with van der Waals surface area (Å²) in [6, 6.07) is -0.160. The zero-order valence-corrected chi connectivity index (χ0v) is 10.5. The van der Waals surface area contributed by atoms with Gasteiger partial charge in [-0.05, 0) is 17.9 Å². The summed E-state index contributed by atoms with van der Waals surface area (Å²) in [6.07, 6.45) is 0.329. The maximum Gasteiger partial charge on any atom is 0.350 e. The first-order chi connectivity index (χ1) is 8.04. The van der Waals surface area contributed by atoms with Crippen LogP contribution in [-0.2, 0) is 9.53 Å². The second-order valence-corrected chi connectivity index (χ2v) is 4.94. The van der Waals surface area contributed by atoms with Crippen molar-refractivity contribution in [1.29, 1.82) is 0 Å². The van der Waals surface area contributed by atoms with E-state index >= 15 is 0 Å². The van der Waals surface area contributed by atoms with Crippen LogP contribution in [0.1, 0.15) is 21.7 Å². The van der Waals surface area contributed by atoms with Crippen LogP contribution in [0, 0.1) is 6.92 Å². The van der Waals surface area contributed by atoms with Gasteiger partial charge >= 0.3 is 5.97 Å². The van der Waals surface area contributed by atoms with Crippen molar-refractivity contribution in [3.05, 3.63) is 15.8 Å². The minimum absolute atomic E-state index is 0.0378. The van der Waals surface area contributed by atoms with E-state index in [-0.39, 0.29) is 11.9 Å². The van der Waals surface area contributed by atoms with Crippen LogP contribution in [0.25, 0.3) is 0 Å². The molecule has 2 heterocycles. The number of carbonyl (C=O) groups excluding carboxylic acids is 2. The Balaban J connectivity index is 2.41. The number of hydrogen-bond donors (Lipinski definition) is 1. The third-order valence-corrected chi connectivity index (χ3v) is 3.80. The Morgan fingerprint density at radius 3 is 2.88 bits per heavy atom. The molecule has 5 nitrogen and oxygen atoms in total. The quantitative estimate of drug-likeness (QED) is 0.796. The molecule has 0 saturated carbocycles. The van der Waals surface area contributed by atoms with E-state index in [0.29, 0.717) is 23.5 Å². The van der Waals surface area contributed by atoms with E-state index in [1.165, 1.54) is 18.4 Å². The first kappa shape index (κ1) is 12.1. The first-order valence-electron chi connectivity index (χ1n) is 5.27. The Labute approximate surface area is 103 Å². The fourth-order valence-corrected chi connectivity index (χ4v) is 2.93. The minimum Gasteiger partial charge on any atom is -0.465 e. The van der Waals surface area contributed by atoms with Crippen molar-refractivity contribution in [1.82, 2.24) is 0 Å². The van der Waals surface area contributed by atoms with Gasteiger partial charge in [-0.1, -0.05) is 0 Å². The third-order valence-electron chi connectivity index (χ3n) is 2.74. The van der Waals surface area contributed by atoms with E-state index in [4.69, 9.17) is 10.5 Å². The monoisotopic (exact) mass is 254 g/mol. The summed E-state index contributed by atoms with van der Waals surface area (Å²) in [7, 11) is 1.33. The summed E-state index contributed by atoms with van der Waals surface area (Å²) in [6.45, 7) is 2.33. The Morgan fingerprint density at radius 1 is 1.65 bits per heavy atom. The van der Waals surface area contributed by atoms with Crippen LogP contribution >= 0.6 is 11.3 Å². The molecule has 0 aliphatic carbocycles. The van der Waals surface area contributed by atoms with Crippen LogP contribution in [0.5, 0.6) is 0 Å². The largest absolute Gasteiger partial charge is 0.465 e. The van der Waals surface area contributed by atoms with E-state index < -0.39 is 5.97 Å². The Kier molecular flexibility index (Phi) is 3.17. The van der Waals surface area contributed by atoms with Crippen molar-refractivity contribution in [2.24, 2.45) is 5.73 Å². The lowest BCUT2D eigenvalue weighted by Gasteiger charge is -2.17. The van der Waals surface area contributed by atoms with Crippen LogP contribution in [0.4, 0.5) is 5.69 Å². The number of hydrogen-bond acceptors (Lipinski definition) is 5. The number of esters is 1. The molecule has 1 unspecified atom stereocenters. The lowest BCUT2D eigenvalue weighted by Crippen LogP contribution is -2.29. The number of carbonyl (C=O) groups is 2. The number of thiophene rings is 1. The molecule has 0 spiro atoms. The zero-order valence-electron chi connectivity index (χ0n) is 9.73. The summed E-state index contributed by atoms with van der Waals surface area (Å²) in [5, 5.41) is 1.85. The van der Waals surface area contributed by atoms with Crippen molar-refractivity contribution in [3.63, 3.8) is 0 Å². The summed E-state index contributed by atoms with van der Waals surface area (Å²) < 4.78 is 4.71. The van der Waals surface area contributed by atoms with Crippen molar-refractivity contribution in [2.75, 3.05) is 18.6 Å². The van der Waals surface area contributed by atoms with Gasteiger partial charge in [0.2, 0.25) is 5.91 Å². The van der Waals surface area contributed by atoms with Gasteiger partial charge in [0.05, 0.1) is 12.8 Å². The molecule has 1 fully saturated rings. The molecule has 1 aliphatic rings. The molecule has 0 bridgehead atoms. The minimum atomic E-state index is -0.411. The normalized spacial score (nSPS) is 19.8. The number of methoxy groups -OCH3 is 1. The molecule has 0 aromatic carbocycles. The molecule has 2 N–H and O–H groups in total. The molecular weight excluding hydrogens is 240 g/mol. The van der Waals surface area contributed by atoms with Crippen LogP contribution in [0.15, 0.2) is 5.38 Å². The fourth-order valence-electron chi connectivity index (χ4n) is 1.96. The maximum absolute atomic E-state index is 11.8. The predicted octanol–water partition coefficient (Wildman–Crippen LogP) is 0.907. The lowest BCUT2D eigenvalue weighted by atomic mass is 10.2. The molecule has 1 amide bonds. The van der Waals surface area contributed by atoms with E-state index in [1.807, 2.05) is 12.3 Å². The number of nitrogens with zero attached hydrogens (tertiary/aromatic N) is 1.